The molecule has 1 aromatic rings. The van der Waals surface area contributed by atoms with Gasteiger partial charge in [-0.3, -0.25) is 0 Å². The Morgan fingerprint density at radius 2 is 2.00 bits per heavy atom. The van der Waals surface area contributed by atoms with Crippen molar-refractivity contribution in [1.29, 1.82) is 0 Å². The van der Waals surface area contributed by atoms with E-state index < -0.39 is 0 Å². The van der Waals surface area contributed by atoms with E-state index in [0.717, 1.165) is 15.1 Å². The maximum atomic E-state index is 6.10. The van der Waals surface area contributed by atoms with E-state index >= 15 is 0 Å². The Hall–Kier alpha value is 0.220. The van der Waals surface area contributed by atoms with E-state index in [-0.39, 0.29) is 0 Å². The van der Waals surface area contributed by atoms with Gasteiger partial charge in [0.2, 0.25) is 0 Å². The molecule has 1 aliphatic rings. The molecule has 0 amide bonds. The molecule has 6 heteroatoms. The van der Waals surface area contributed by atoms with Crippen LogP contribution in [0.1, 0.15) is 25.7 Å². The summed E-state index contributed by atoms with van der Waals surface area (Å²) in [5.41, 5.74) is 6.10. The molecule has 0 spiro atoms. The number of rotatable bonds is 3. The molecule has 0 radical (unpaired) electrons. The van der Waals surface area contributed by atoms with Crippen molar-refractivity contribution < 1.29 is 0 Å². The molecular weight excluding hydrogens is 246 g/mol. The van der Waals surface area contributed by atoms with Crippen LogP contribution in [0.5, 0.6) is 0 Å². The fraction of sp³-hybridized carbons (Fsp3) is 0.778. The summed E-state index contributed by atoms with van der Waals surface area (Å²) in [6, 6.07) is 0.338. The molecule has 2 atom stereocenters. The molecule has 2 rings (SSSR count). The Balaban J connectivity index is 1.95. The van der Waals surface area contributed by atoms with Gasteiger partial charge in [0.1, 0.15) is 0 Å². The predicted octanol–water partition coefficient (Wildman–Crippen LogP) is 2.62. The summed E-state index contributed by atoms with van der Waals surface area (Å²) in [4.78, 5) is 0. The van der Waals surface area contributed by atoms with Gasteiger partial charge in [0.15, 0.2) is 8.68 Å². The quantitative estimate of drug-likeness (QED) is 0.848. The fourth-order valence-corrected chi connectivity index (χ4v) is 4.63. The first-order valence-corrected chi connectivity index (χ1v) is 8.01. The van der Waals surface area contributed by atoms with E-state index in [9.17, 15) is 0 Å². The number of nitrogens with two attached hydrogens (primary N) is 1. The molecule has 0 aliphatic heterocycles. The second-order valence-corrected chi connectivity index (χ2v) is 7.16. The molecule has 2 N–H and O–H groups in total. The molecule has 3 nitrogen and oxygen atoms in total. The normalized spacial score (nSPS) is 26.8. The molecule has 1 heterocycles. The molecule has 1 aromatic heterocycles. The van der Waals surface area contributed by atoms with E-state index in [4.69, 9.17) is 5.73 Å². The first-order chi connectivity index (χ1) is 7.29. The predicted molar refractivity (Wildman–Crippen MR) is 67.8 cm³/mol. The van der Waals surface area contributed by atoms with Crippen molar-refractivity contribution in [3.63, 3.8) is 0 Å². The zero-order valence-electron chi connectivity index (χ0n) is 8.68. The third-order valence-corrected chi connectivity index (χ3v) is 5.97. The van der Waals surface area contributed by atoms with E-state index in [2.05, 4.69) is 10.2 Å². The Labute approximate surface area is 103 Å². The van der Waals surface area contributed by atoms with Gasteiger partial charge < -0.3 is 5.73 Å². The molecule has 0 bridgehead atoms. The summed E-state index contributed by atoms with van der Waals surface area (Å²) in [6.45, 7) is 0. The lowest BCUT2D eigenvalue weighted by atomic mass is 9.96. The Morgan fingerprint density at radius 1 is 1.27 bits per heavy atom. The average molecular weight is 261 g/mol. The summed E-state index contributed by atoms with van der Waals surface area (Å²) in [5.74, 6) is 0. The zero-order chi connectivity index (χ0) is 10.7. The summed E-state index contributed by atoms with van der Waals surface area (Å²) in [5, 5.41) is 8.81. The van der Waals surface area contributed by atoms with E-state index in [1.165, 1.54) is 19.3 Å². The molecule has 15 heavy (non-hydrogen) atoms. The van der Waals surface area contributed by atoms with Crippen molar-refractivity contribution in [2.45, 2.75) is 45.7 Å². The number of nitrogens with zero attached hydrogens (tertiary/aromatic N) is 2. The maximum absolute atomic E-state index is 6.10. The summed E-state index contributed by atoms with van der Waals surface area (Å²) in [7, 11) is 0. The first kappa shape index (κ1) is 11.7. The largest absolute Gasteiger partial charge is 0.327 e. The molecule has 0 aromatic carbocycles. The summed E-state index contributed by atoms with van der Waals surface area (Å²) < 4.78 is 2.11. The smallest absolute Gasteiger partial charge is 0.175 e. The number of thioether (sulfide) groups is 2. The van der Waals surface area contributed by atoms with Crippen LogP contribution >= 0.6 is 34.9 Å². The summed E-state index contributed by atoms with van der Waals surface area (Å²) >= 11 is 5.14. The highest BCUT2D eigenvalue weighted by molar-refractivity contribution is 8.03. The molecular formula is C9H15N3S3. The second kappa shape index (κ2) is 5.52. The second-order valence-electron chi connectivity index (χ2n) is 3.64. The van der Waals surface area contributed by atoms with Crippen molar-refractivity contribution in [3.05, 3.63) is 0 Å². The SMILES string of the molecule is CSc1nnc(SC2CCCCC2N)s1. The molecule has 1 saturated carbocycles. The minimum absolute atomic E-state index is 0.338. The van der Waals surface area contributed by atoms with Crippen LogP contribution in [-0.4, -0.2) is 27.7 Å². The minimum Gasteiger partial charge on any atom is -0.327 e. The molecule has 0 saturated heterocycles. The van der Waals surface area contributed by atoms with E-state index in [0.29, 0.717) is 11.3 Å². The average Bonchev–Trinajstić information content (AvgIpc) is 2.69. The van der Waals surface area contributed by atoms with Gasteiger partial charge in [0.25, 0.3) is 0 Å². The molecule has 2 unspecified atom stereocenters. The van der Waals surface area contributed by atoms with Gasteiger partial charge in [-0.05, 0) is 19.1 Å². The Kier molecular flexibility index (Phi) is 4.30. The van der Waals surface area contributed by atoms with Gasteiger partial charge in [-0.25, -0.2) is 0 Å². The molecule has 84 valence electrons. The first-order valence-electron chi connectivity index (χ1n) is 5.09. The maximum Gasteiger partial charge on any atom is 0.175 e. The standard InChI is InChI=1S/C9H15N3S3/c1-13-8-11-12-9(15-8)14-7-5-3-2-4-6(7)10/h6-7H,2-5,10H2,1H3. The van der Waals surface area contributed by atoms with Crippen molar-refractivity contribution in [2.75, 3.05) is 6.26 Å². The fourth-order valence-electron chi connectivity index (χ4n) is 1.73. The number of hydrogen-bond acceptors (Lipinski definition) is 6. The minimum atomic E-state index is 0.338. The lowest BCUT2D eigenvalue weighted by Crippen LogP contribution is -2.35. The van der Waals surface area contributed by atoms with Crippen LogP contribution < -0.4 is 5.73 Å². The van der Waals surface area contributed by atoms with Gasteiger partial charge in [0.05, 0.1) is 0 Å². The Bertz CT molecular complexity index is 315. The van der Waals surface area contributed by atoms with Crippen LogP contribution in [0.3, 0.4) is 0 Å². The number of hydrogen-bond donors (Lipinski definition) is 1. The molecule has 1 fully saturated rings. The van der Waals surface area contributed by atoms with Gasteiger partial charge >= 0.3 is 0 Å². The topological polar surface area (TPSA) is 51.8 Å². The van der Waals surface area contributed by atoms with Crippen LogP contribution in [0.2, 0.25) is 0 Å². The lowest BCUT2D eigenvalue weighted by molar-refractivity contribution is 0.453. The van der Waals surface area contributed by atoms with Gasteiger partial charge in [-0.1, -0.05) is 47.7 Å². The van der Waals surface area contributed by atoms with Crippen LogP contribution in [0.15, 0.2) is 8.68 Å². The van der Waals surface area contributed by atoms with E-state index in [1.54, 1.807) is 23.1 Å². The third kappa shape index (κ3) is 3.09. The van der Waals surface area contributed by atoms with Crippen LogP contribution in [0.25, 0.3) is 0 Å². The highest BCUT2D eigenvalue weighted by atomic mass is 32.2. The lowest BCUT2D eigenvalue weighted by Gasteiger charge is -2.26. The van der Waals surface area contributed by atoms with Crippen molar-refractivity contribution in [1.82, 2.24) is 10.2 Å². The van der Waals surface area contributed by atoms with Gasteiger partial charge in [-0.2, -0.15) is 0 Å². The molecule has 1 aliphatic carbocycles. The van der Waals surface area contributed by atoms with Crippen molar-refractivity contribution in [3.8, 4) is 0 Å². The highest BCUT2D eigenvalue weighted by Crippen LogP contribution is 2.35. The number of aromatic nitrogens is 2. The third-order valence-electron chi connectivity index (χ3n) is 2.57. The van der Waals surface area contributed by atoms with Gasteiger partial charge in [-0.15, -0.1) is 10.2 Å². The highest BCUT2D eigenvalue weighted by Gasteiger charge is 2.24. The monoisotopic (exact) mass is 261 g/mol. The van der Waals surface area contributed by atoms with Crippen molar-refractivity contribution in [2.24, 2.45) is 5.73 Å². The van der Waals surface area contributed by atoms with E-state index in [1.807, 2.05) is 18.0 Å². The zero-order valence-corrected chi connectivity index (χ0v) is 11.1. The van der Waals surface area contributed by atoms with Crippen LogP contribution in [0, 0.1) is 0 Å². The van der Waals surface area contributed by atoms with Crippen molar-refractivity contribution >= 4 is 34.9 Å². The van der Waals surface area contributed by atoms with Gasteiger partial charge in [0, 0.05) is 11.3 Å². The van der Waals surface area contributed by atoms with Crippen LogP contribution in [0.4, 0.5) is 0 Å². The Morgan fingerprint density at radius 3 is 2.67 bits per heavy atom. The summed E-state index contributed by atoms with van der Waals surface area (Å²) in [6.07, 6.45) is 7.00. The van der Waals surface area contributed by atoms with Crippen LogP contribution in [-0.2, 0) is 0 Å².